The highest BCUT2D eigenvalue weighted by Crippen LogP contribution is 2.12. The molecule has 3 N–H and O–H groups in total. The van der Waals surface area contributed by atoms with Crippen LogP contribution in [0, 0.1) is 0 Å². The molecule has 152 valence electrons. The zero-order chi connectivity index (χ0) is 20.6. The molecule has 7 nitrogen and oxygen atoms in total. The molecule has 3 amide bonds. The summed E-state index contributed by atoms with van der Waals surface area (Å²) in [7, 11) is 0. The molecule has 0 radical (unpaired) electrons. The lowest BCUT2D eigenvalue weighted by molar-refractivity contribution is -0.131. The predicted molar refractivity (Wildman–Crippen MR) is 109 cm³/mol. The molecular weight excluding hydrogens is 370 g/mol. The molecule has 0 spiro atoms. The SMILES string of the molecule is O=C(NCc1ccc(C(=O)O)cc1)NC1CCCN(C(=O)Cc2ccccc2)C1. The fourth-order valence-electron chi connectivity index (χ4n) is 3.39. The fraction of sp³-hybridized carbons (Fsp3) is 0.318. The van der Waals surface area contributed by atoms with Crippen LogP contribution >= 0.6 is 0 Å². The van der Waals surface area contributed by atoms with Gasteiger partial charge in [-0.05, 0) is 36.1 Å². The molecule has 1 aliphatic heterocycles. The predicted octanol–water partition coefficient (Wildman–Crippen LogP) is 2.42. The lowest BCUT2D eigenvalue weighted by atomic mass is 10.0. The normalized spacial score (nSPS) is 16.1. The summed E-state index contributed by atoms with van der Waals surface area (Å²) < 4.78 is 0. The van der Waals surface area contributed by atoms with Crippen molar-refractivity contribution in [2.45, 2.75) is 31.8 Å². The molecule has 1 atom stereocenters. The molecule has 1 saturated heterocycles. The number of carboxylic acid groups (broad SMARTS) is 1. The zero-order valence-electron chi connectivity index (χ0n) is 16.1. The molecule has 29 heavy (non-hydrogen) atoms. The van der Waals surface area contributed by atoms with Crippen LogP contribution in [0.4, 0.5) is 4.79 Å². The summed E-state index contributed by atoms with van der Waals surface area (Å²) in [4.78, 5) is 37.4. The largest absolute Gasteiger partial charge is 0.478 e. The van der Waals surface area contributed by atoms with E-state index in [2.05, 4.69) is 10.6 Å². The first-order valence-corrected chi connectivity index (χ1v) is 9.69. The highest BCUT2D eigenvalue weighted by Gasteiger charge is 2.24. The molecule has 2 aromatic carbocycles. The van der Waals surface area contributed by atoms with Crippen molar-refractivity contribution >= 4 is 17.9 Å². The third-order valence-electron chi connectivity index (χ3n) is 4.96. The first-order valence-electron chi connectivity index (χ1n) is 9.69. The molecule has 1 fully saturated rings. The summed E-state index contributed by atoms with van der Waals surface area (Å²) in [6.45, 7) is 1.52. The van der Waals surface area contributed by atoms with Gasteiger partial charge in [0.15, 0.2) is 0 Å². The topological polar surface area (TPSA) is 98.7 Å². The molecular formula is C22H25N3O4. The Bertz CT molecular complexity index is 852. The second-order valence-corrected chi connectivity index (χ2v) is 7.17. The van der Waals surface area contributed by atoms with Crippen molar-refractivity contribution in [3.05, 3.63) is 71.3 Å². The summed E-state index contributed by atoms with van der Waals surface area (Å²) in [6.07, 6.45) is 2.05. The van der Waals surface area contributed by atoms with Crippen LogP contribution in [-0.2, 0) is 17.8 Å². The van der Waals surface area contributed by atoms with Gasteiger partial charge >= 0.3 is 12.0 Å². The average molecular weight is 395 g/mol. The number of aromatic carboxylic acids is 1. The van der Waals surface area contributed by atoms with E-state index < -0.39 is 5.97 Å². The molecule has 0 aliphatic carbocycles. The van der Waals surface area contributed by atoms with E-state index in [0.29, 0.717) is 26.1 Å². The molecule has 0 aromatic heterocycles. The van der Waals surface area contributed by atoms with Gasteiger partial charge in [0.05, 0.1) is 12.0 Å². The minimum atomic E-state index is -0.981. The van der Waals surface area contributed by atoms with E-state index >= 15 is 0 Å². The maximum atomic E-state index is 12.5. The van der Waals surface area contributed by atoms with Crippen LogP contribution in [0.25, 0.3) is 0 Å². The number of benzene rings is 2. The summed E-state index contributed by atoms with van der Waals surface area (Å²) >= 11 is 0. The van der Waals surface area contributed by atoms with Crippen LogP contribution in [0.1, 0.15) is 34.3 Å². The number of rotatable bonds is 6. The van der Waals surface area contributed by atoms with Crippen molar-refractivity contribution in [2.75, 3.05) is 13.1 Å². The second kappa shape index (κ2) is 9.73. The van der Waals surface area contributed by atoms with Gasteiger partial charge in [0.1, 0.15) is 0 Å². The van der Waals surface area contributed by atoms with E-state index in [0.717, 1.165) is 24.0 Å². The molecule has 1 aliphatic rings. The maximum absolute atomic E-state index is 12.5. The van der Waals surface area contributed by atoms with Crippen LogP contribution in [0.5, 0.6) is 0 Å². The van der Waals surface area contributed by atoms with Crippen molar-refractivity contribution in [2.24, 2.45) is 0 Å². The van der Waals surface area contributed by atoms with Crippen LogP contribution < -0.4 is 10.6 Å². The molecule has 2 aromatic rings. The third kappa shape index (κ3) is 6.07. The average Bonchev–Trinajstić information content (AvgIpc) is 2.73. The van der Waals surface area contributed by atoms with Gasteiger partial charge in [-0.25, -0.2) is 9.59 Å². The number of carbonyl (C=O) groups is 3. The number of nitrogens with one attached hydrogen (secondary N) is 2. The summed E-state index contributed by atoms with van der Waals surface area (Å²) in [5, 5.41) is 14.6. The number of amides is 3. The number of likely N-dealkylation sites (tertiary alicyclic amines) is 1. The zero-order valence-corrected chi connectivity index (χ0v) is 16.1. The molecule has 1 unspecified atom stereocenters. The Labute approximate surface area is 169 Å². The Kier molecular flexibility index (Phi) is 6.84. The monoisotopic (exact) mass is 395 g/mol. The minimum absolute atomic E-state index is 0.0710. The number of urea groups is 1. The smallest absolute Gasteiger partial charge is 0.335 e. The molecule has 0 bridgehead atoms. The van der Waals surface area contributed by atoms with Gasteiger partial charge in [-0.1, -0.05) is 42.5 Å². The highest BCUT2D eigenvalue weighted by molar-refractivity contribution is 5.87. The number of carbonyl (C=O) groups excluding carboxylic acids is 2. The lowest BCUT2D eigenvalue weighted by Crippen LogP contribution is -2.52. The Morgan fingerprint density at radius 1 is 1.00 bits per heavy atom. The van der Waals surface area contributed by atoms with Gasteiger partial charge in [-0.3, -0.25) is 4.79 Å². The quantitative estimate of drug-likeness (QED) is 0.700. The van der Waals surface area contributed by atoms with Crippen LogP contribution in [0.2, 0.25) is 0 Å². The van der Waals surface area contributed by atoms with E-state index in [1.807, 2.05) is 35.2 Å². The van der Waals surface area contributed by atoms with Crippen LogP contribution in [0.3, 0.4) is 0 Å². The first kappa shape index (κ1) is 20.4. The third-order valence-corrected chi connectivity index (χ3v) is 4.96. The van der Waals surface area contributed by atoms with Gasteiger partial charge in [0, 0.05) is 25.7 Å². The number of piperidine rings is 1. The van der Waals surface area contributed by atoms with Gasteiger partial charge in [-0.15, -0.1) is 0 Å². The molecule has 1 heterocycles. The first-order chi connectivity index (χ1) is 14.0. The van der Waals surface area contributed by atoms with E-state index in [4.69, 9.17) is 5.11 Å². The standard InChI is InChI=1S/C22H25N3O4/c26-20(13-16-5-2-1-3-6-16)25-12-4-7-19(15-25)24-22(29)23-14-17-8-10-18(11-9-17)21(27)28/h1-3,5-6,8-11,19H,4,7,12-15H2,(H,27,28)(H2,23,24,29). The van der Waals surface area contributed by atoms with Crippen LogP contribution in [0.15, 0.2) is 54.6 Å². The minimum Gasteiger partial charge on any atom is -0.478 e. The highest BCUT2D eigenvalue weighted by atomic mass is 16.4. The summed E-state index contributed by atoms with van der Waals surface area (Å²) in [6, 6.07) is 15.6. The number of nitrogens with zero attached hydrogens (tertiary/aromatic N) is 1. The molecule has 3 rings (SSSR count). The second-order valence-electron chi connectivity index (χ2n) is 7.17. The number of hydrogen-bond acceptors (Lipinski definition) is 3. The van der Waals surface area contributed by atoms with Crippen molar-refractivity contribution in [3.8, 4) is 0 Å². The molecule has 0 saturated carbocycles. The van der Waals surface area contributed by atoms with Crippen molar-refractivity contribution in [1.29, 1.82) is 0 Å². The Morgan fingerprint density at radius 3 is 2.41 bits per heavy atom. The Balaban J connectivity index is 1.45. The van der Waals surface area contributed by atoms with Crippen LogP contribution in [-0.4, -0.2) is 47.0 Å². The lowest BCUT2D eigenvalue weighted by Gasteiger charge is -2.33. The van der Waals surface area contributed by atoms with Gasteiger partial charge in [-0.2, -0.15) is 0 Å². The Hall–Kier alpha value is -3.35. The van der Waals surface area contributed by atoms with Gasteiger partial charge in [0.25, 0.3) is 0 Å². The van der Waals surface area contributed by atoms with Gasteiger partial charge < -0.3 is 20.6 Å². The maximum Gasteiger partial charge on any atom is 0.335 e. The van der Waals surface area contributed by atoms with E-state index in [1.54, 1.807) is 12.1 Å². The van der Waals surface area contributed by atoms with E-state index in [9.17, 15) is 14.4 Å². The Morgan fingerprint density at radius 2 is 1.72 bits per heavy atom. The van der Waals surface area contributed by atoms with Crippen molar-refractivity contribution < 1.29 is 19.5 Å². The van der Waals surface area contributed by atoms with Crippen molar-refractivity contribution in [3.63, 3.8) is 0 Å². The number of carboxylic acids is 1. The van der Waals surface area contributed by atoms with E-state index in [1.165, 1.54) is 12.1 Å². The van der Waals surface area contributed by atoms with Crippen molar-refractivity contribution in [1.82, 2.24) is 15.5 Å². The summed E-state index contributed by atoms with van der Waals surface area (Å²) in [5.74, 6) is -0.910. The molecule has 7 heteroatoms. The van der Waals surface area contributed by atoms with Gasteiger partial charge in [0.2, 0.25) is 5.91 Å². The fourth-order valence-corrected chi connectivity index (χ4v) is 3.39. The van der Waals surface area contributed by atoms with E-state index in [-0.39, 0.29) is 23.5 Å². The summed E-state index contributed by atoms with van der Waals surface area (Å²) in [5.41, 5.74) is 2.01. The number of hydrogen-bond donors (Lipinski definition) is 3.